The summed E-state index contributed by atoms with van der Waals surface area (Å²) in [5.41, 5.74) is 0.153. The molecule has 5 atom stereocenters. The maximum Gasteiger partial charge on any atom is 0.330 e. The van der Waals surface area contributed by atoms with Gasteiger partial charge in [0.05, 0.1) is 39.9 Å². The van der Waals surface area contributed by atoms with E-state index in [0.717, 1.165) is 49.0 Å². The third-order valence-corrected chi connectivity index (χ3v) is 15.6. The summed E-state index contributed by atoms with van der Waals surface area (Å²) in [5, 5.41) is 15.6. The molecule has 0 aliphatic carbocycles. The van der Waals surface area contributed by atoms with Gasteiger partial charge >= 0.3 is 5.69 Å². The highest BCUT2D eigenvalue weighted by Crippen LogP contribution is 2.52. The quantitative estimate of drug-likeness (QED) is 0.0356. The van der Waals surface area contributed by atoms with Gasteiger partial charge in [0, 0.05) is 37.0 Å². The van der Waals surface area contributed by atoms with E-state index < -0.39 is 49.9 Å². The number of methoxy groups -OCH3 is 2. The van der Waals surface area contributed by atoms with Crippen molar-refractivity contribution in [2.24, 2.45) is 0 Å². The molecule has 1 aliphatic rings. The minimum Gasteiger partial charge on any atom is -0.497 e. The van der Waals surface area contributed by atoms with Gasteiger partial charge in [0.15, 0.2) is 6.23 Å². The Labute approximate surface area is 419 Å². The highest BCUT2D eigenvalue weighted by Gasteiger charge is 2.53. The van der Waals surface area contributed by atoms with Crippen molar-refractivity contribution in [1.82, 2.24) is 19.1 Å². The van der Waals surface area contributed by atoms with Gasteiger partial charge in [0.25, 0.3) is 20.0 Å². The zero-order valence-electron chi connectivity index (χ0n) is 41.4. The average Bonchev–Trinajstić information content (AvgIpc) is 3.74. The Morgan fingerprint density at radius 2 is 1.35 bits per heavy atom. The Morgan fingerprint density at radius 1 is 0.764 bits per heavy atom. The van der Waals surface area contributed by atoms with Gasteiger partial charge in [-0.2, -0.15) is 5.26 Å². The standard InChI is InChI=1S/C57H58N5O9P/c1-36(2)62(37(3)4)72(69-34-12-32-58)71-53-48(35-68-57(41-15-9-8-10-16-41,42-21-25-44(66-6)26-22-42)43-23-27-45(67-7)28-24-43)70-55(61-33-31-49(63)59-56(61)65)52(53)60(5)54(64)47-30-20-40-18-17-38-13-11-14-39-19-29-46(47)51(40)50(38)39/h8-11,13-31,33,36-37,48,52-53,55H,12,34-35H2,1-7H3,(H,59,63,65)/t48-,52-,53-,55-,72?/m1/s1. The SMILES string of the molecule is COc1ccc(C(OC[C@H]2O[C@@H](n3ccc(=O)[nH]c3=O)[C@H](N(C)C(=O)c3ccc4ccc5cccc6ccc3c4c56)[C@@H]2OP(OCCC#N)N(C(C)C)C(C)C)(c2ccccc2)c2ccc(OC)cc2)cc1. The molecule has 1 fully saturated rings. The number of aromatic nitrogens is 2. The van der Waals surface area contributed by atoms with Crippen LogP contribution in [-0.4, -0.2) is 89.8 Å². The van der Waals surface area contributed by atoms with Crippen LogP contribution in [-0.2, 0) is 24.1 Å². The predicted molar refractivity (Wildman–Crippen MR) is 280 cm³/mol. The Morgan fingerprint density at radius 3 is 1.93 bits per heavy atom. The molecule has 0 saturated carbocycles. The van der Waals surface area contributed by atoms with Crippen molar-refractivity contribution >= 4 is 46.8 Å². The minimum absolute atomic E-state index is 0.0733. The molecule has 0 bridgehead atoms. The van der Waals surface area contributed by atoms with E-state index >= 15 is 4.79 Å². The van der Waals surface area contributed by atoms with Crippen LogP contribution in [0.5, 0.6) is 11.5 Å². The van der Waals surface area contributed by atoms with Crippen LogP contribution in [0.1, 0.15) is 67.4 Å². The summed E-state index contributed by atoms with van der Waals surface area (Å²) in [6.07, 6.45) is -1.82. The van der Waals surface area contributed by atoms with Crippen molar-refractivity contribution in [3.05, 3.63) is 189 Å². The summed E-state index contributed by atoms with van der Waals surface area (Å²) in [5.74, 6) is 0.956. The maximum absolute atomic E-state index is 15.6. The molecule has 7 aromatic carbocycles. The first-order chi connectivity index (χ1) is 34.9. The molecule has 8 aromatic rings. The molecule has 14 nitrogen and oxygen atoms in total. The van der Waals surface area contributed by atoms with Gasteiger partial charge in [0.1, 0.15) is 35.3 Å². The van der Waals surface area contributed by atoms with Crippen molar-refractivity contribution < 1.29 is 32.8 Å². The van der Waals surface area contributed by atoms with Crippen LogP contribution in [0.3, 0.4) is 0 Å². The van der Waals surface area contributed by atoms with Crippen LogP contribution in [0.2, 0.25) is 0 Å². The van der Waals surface area contributed by atoms with Gasteiger partial charge in [-0.25, -0.2) is 9.46 Å². The number of hydrogen-bond acceptors (Lipinski definition) is 11. The van der Waals surface area contributed by atoms with E-state index in [1.807, 2.05) is 137 Å². The van der Waals surface area contributed by atoms with Crippen molar-refractivity contribution in [3.63, 3.8) is 0 Å². The molecule has 1 unspecified atom stereocenters. The number of carbonyl (C=O) groups excluding carboxylic acids is 1. The molecule has 9 rings (SSSR count). The first-order valence-corrected chi connectivity index (χ1v) is 25.2. The Balaban J connectivity index is 1.23. The van der Waals surface area contributed by atoms with E-state index in [1.54, 1.807) is 26.2 Å². The second-order valence-electron chi connectivity index (χ2n) is 18.4. The predicted octanol–water partition coefficient (Wildman–Crippen LogP) is 10.2. The van der Waals surface area contributed by atoms with Crippen LogP contribution in [0.15, 0.2) is 155 Å². The summed E-state index contributed by atoms with van der Waals surface area (Å²) in [6.45, 7) is 8.08. The van der Waals surface area contributed by atoms with Crippen molar-refractivity contribution in [3.8, 4) is 17.6 Å². The molecule has 2 heterocycles. The smallest absolute Gasteiger partial charge is 0.330 e. The number of nitriles is 1. The number of benzene rings is 7. The molecule has 370 valence electrons. The number of rotatable bonds is 19. The number of carbonyl (C=O) groups is 1. The molecular formula is C57H58N5O9P. The van der Waals surface area contributed by atoms with Crippen LogP contribution < -0.4 is 20.7 Å². The highest BCUT2D eigenvalue weighted by atomic mass is 31.2. The lowest BCUT2D eigenvalue weighted by atomic mass is 9.80. The zero-order chi connectivity index (χ0) is 50.7. The Bertz CT molecular complexity index is 3250. The van der Waals surface area contributed by atoms with E-state index in [9.17, 15) is 14.9 Å². The molecule has 1 aliphatic heterocycles. The lowest BCUT2D eigenvalue weighted by Crippen LogP contribution is -2.51. The topological polar surface area (TPSA) is 158 Å². The number of nitrogens with one attached hydrogen (secondary N) is 1. The summed E-state index contributed by atoms with van der Waals surface area (Å²) >= 11 is 0. The van der Waals surface area contributed by atoms with E-state index in [0.29, 0.717) is 17.1 Å². The summed E-state index contributed by atoms with van der Waals surface area (Å²) in [4.78, 5) is 46.3. The number of likely N-dealkylation sites (N-methyl/N-ethyl adjacent to an activating group) is 1. The van der Waals surface area contributed by atoms with E-state index in [-0.39, 0.29) is 37.6 Å². The first-order valence-electron chi connectivity index (χ1n) is 24.0. The molecular weight excluding hydrogens is 930 g/mol. The monoisotopic (exact) mass is 987 g/mol. The largest absolute Gasteiger partial charge is 0.497 e. The molecule has 1 aromatic heterocycles. The summed E-state index contributed by atoms with van der Waals surface area (Å²) < 4.78 is 43.1. The van der Waals surface area contributed by atoms with Crippen molar-refractivity contribution in [2.75, 3.05) is 34.5 Å². The fourth-order valence-corrected chi connectivity index (χ4v) is 12.0. The number of H-pyrrole nitrogens is 1. The maximum atomic E-state index is 15.6. The van der Waals surface area contributed by atoms with Crippen LogP contribution in [0.4, 0.5) is 0 Å². The number of aromatic amines is 1. The Hall–Kier alpha value is -6.95. The van der Waals surface area contributed by atoms with Gasteiger partial charge in [-0.3, -0.25) is 19.1 Å². The second-order valence-corrected chi connectivity index (χ2v) is 19.8. The van der Waals surface area contributed by atoms with E-state index in [2.05, 4.69) is 40.0 Å². The van der Waals surface area contributed by atoms with Crippen LogP contribution in [0.25, 0.3) is 32.3 Å². The van der Waals surface area contributed by atoms with Crippen LogP contribution in [0, 0.1) is 11.3 Å². The summed E-state index contributed by atoms with van der Waals surface area (Å²) in [7, 11) is 2.93. The van der Waals surface area contributed by atoms with Crippen LogP contribution >= 0.6 is 8.53 Å². The fraction of sp³-hybridized carbons (Fsp3) is 0.298. The number of hydrogen-bond donors (Lipinski definition) is 1. The van der Waals surface area contributed by atoms with Gasteiger partial charge in [0.2, 0.25) is 0 Å². The van der Waals surface area contributed by atoms with Gasteiger partial charge in [-0.15, -0.1) is 0 Å². The second kappa shape index (κ2) is 21.4. The molecule has 1 N–H and O–H groups in total. The Kier molecular flexibility index (Phi) is 14.9. The zero-order valence-corrected chi connectivity index (χ0v) is 42.2. The molecule has 72 heavy (non-hydrogen) atoms. The third kappa shape index (κ3) is 9.48. The lowest BCUT2D eigenvalue weighted by molar-refractivity contribution is -0.0933. The van der Waals surface area contributed by atoms with Crippen molar-refractivity contribution in [1.29, 1.82) is 5.26 Å². The summed E-state index contributed by atoms with van der Waals surface area (Å²) in [6, 6.07) is 45.5. The molecule has 1 amide bonds. The van der Waals surface area contributed by atoms with Gasteiger partial charge < -0.3 is 32.9 Å². The number of nitrogens with zero attached hydrogens (tertiary/aromatic N) is 4. The van der Waals surface area contributed by atoms with Crippen molar-refractivity contribution in [2.45, 2.75) is 76.3 Å². The number of amides is 1. The molecule has 0 radical (unpaired) electrons. The van der Waals surface area contributed by atoms with E-state index in [4.69, 9.17) is 28.0 Å². The molecule has 1 saturated heterocycles. The fourth-order valence-electron chi connectivity index (χ4n) is 10.2. The van der Waals surface area contributed by atoms with Gasteiger partial charge in [-0.1, -0.05) is 103 Å². The first kappa shape index (κ1) is 50.0. The third-order valence-electron chi connectivity index (χ3n) is 13.5. The van der Waals surface area contributed by atoms with E-state index in [1.165, 1.54) is 16.8 Å². The highest BCUT2D eigenvalue weighted by molar-refractivity contribution is 7.44. The lowest BCUT2D eigenvalue weighted by Gasteiger charge is -2.40. The number of ether oxygens (including phenoxy) is 4. The molecule has 15 heteroatoms. The normalized spacial score (nSPS) is 17.6. The molecule has 0 spiro atoms. The minimum atomic E-state index is -1.98. The average molecular weight is 988 g/mol. The van der Waals surface area contributed by atoms with Gasteiger partial charge in [-0.05, 0) is 107 Å².